The molecule has 0 radical (unpaired) electrons. The topological polar surface area (TPSA) is 21.6 Å². The van der Waals surface area contributed by atoms with E-state index in [0.29, 0.717) is 0 Å². The average molecular weight is 496 g/mol. The van der Waals surface area contributed by atoms with Crippen LogP contribution in [0.5, 0.6) is 0 Å². The van der Waals surface area contributed by atoms with Gasteiger partial charge < -0.3 is 4.53 Å². The third-order valence-corrected chi connectivity index (χ3v) is 12.0. The van der Waals surface area contributed by atoms with Gasteiger partial charge in [-0.1, -0.05) is 175 Å². The zero-order valence-electron chi connectivity index (χ0n) is 24.2. The van der Waals surface area contributed by atoms with Crippen molar-refractivity contribution in [1.82, 2.24) is 0 Å². The lowest BCUT2D eigenvalue weighted by atomic mass is 10.1. The fourth-order valence-corrected chi connectivity index (χ4v) is 9.37. The number of unbranched alkanes of at least 4 members (excludes halogenated alkanes) is 21. The van der Waals surface area contributed by atoms with Crippen molar-refractivity contribution in [3.05, 3.63) is 0 Å². The van der Waals surface area contributed by atoms with Crippen molar-refractivity contribution in [1.29, 1.82) is 0 Å². The van der Waals surface area contributed by atoms with Crippen molar-refractivity contribution in [3.8, 4) is 0 Å². The lowest BCUT2D eigenvalue weighted by Gasteiger charge is -2.29. The van der Waals surface area contributed by atoms with Crippen LogP contribution >= 0.6 is 0 Å². The molecule has 0 aromatic heterocycles. The highest BCUT2D eigenvalue weighted by molar-refractivity contribution is 6.73. The van der Waals surface area contributed by atoms with Gasteiger partial charge >= 0.3 is 0 Å². The van der Waals surface area contributed by atoms with E-state index in [0.717, 1.165) is 0 Å². The number of rotatable bonds is 29. The quantitative estimate of drug-likeness (QED) is 0.0437. The fourth-order valence-electron chi connectivity index (χ4n) is 5.39. The van der Waals surface area contributed by atoms with Gasteiger partial charge in [0.05, 0.1) is 0 Å². The van der Waals surface area contributed by atoms with Crippen LogP contribution in [0.2, 0.25) is 18.1 Å². The van der Waals surface area contributed by atoms with Crippen molar-refractivity contribution in [2.24, 2.45) is 5.16 Å². The van der Waals surface area contributed by atoms with Gasteiger partial charge in [-0.15, -0.1) is 5.16 Å². The smallest absolute Gasteiger partial charge is 0.287 e. The maximum absolute atomic E-state index is 6.26. The van der Waals surface area contributed by atoms with Gasteiger partial charge in [0, 0.05) is 6.72 Å². The Kier molecular flexibility index (Phi) is 27.0. The number of nitrogens with zero attached hydrogens (tertiary/aromatic N) is 1. The summed E-state index contributed by atoms with van der Waals surface area (Å²) in [6.45, 7) is 10.7. The molecule has 0 aromatic rings. The highest BCUT2D eigenvalue weighted by Gasteiger charge is 2.36. The summed E-state index contributed by atoms with van der Waals surface area (Å²) in [5.41, 5.74) is 0. The molecule has 204 valence electrons. The zero-order chi connectivity index (χ0) is 25.0. The van der Waals surface area contributed by atoms with Gasteiger partial charge in [-0.3, -0.25) is 0 Å². The molecule has 0 rings (SSSR count). The minimum absolute atomic E-state index is 1.31. The number of oxime groups is 1. The van der Waals surface area contributed by atoms with E-state index >= 15 is 0 Å². The molecular formula is C31H65NOSi. The zero-order valence-corrected chi connectivity index (χ0v) is 25.2. The van der Waals surface area contributed by atoms with E-state index in [2.05, 4.69) is 32.6 Å². The van der Waals surface area contributed by atoms with E-state index < -0.39 is 8.32 Å². The molecule has 0 atom stereocenters. The predicted octanol–water partition coefficient (Wildman–Crippen LogP) is 12.0. The normalized spacial score (nSPS) is 11.7. The lowest BCUT2D eigenvalue weighted by molar-refractivity contribution is 0.317. The molecule has 0 spiro atoms. The summed E-state index contributed by atoms with van der Waals surface area (Å²) in [5.74, 6) is 0. The molecule has 0 saturated carbocycles. The van der Waals surface area contributed by atoms with Gasteiger partial charge in [-0.05, 0) is 18.1 Å². The largest absolute Gasteiger partial charge is 0.455 e. The summed E-state index contributed by atoms with van der Waals surface area (Å²) < 4.78 is 6.26. The molecule has 0 unspecified atom stereocenters. The van der Waals surface area contributed by atoms with Gasteiger partial charge in [-0.2, -0.15) is 0 Å². The monoisotopic (exact) mass is 495 g/mol. The number of hydrogen-bond acceptors (Lipinski definition) is 2. The van der Waals surface area contributed by atoms with E-state index in [9.17, 15) is 0 Å². The van der Waals surface area contributed by atoms with Gasteiger partial charge in [0.25, 0.3) is 8.32 Å². The van der Waals surface area contributed by atoms with Crippen LogP contribution in [-0.2, 0) is 4.53 Å². The molecule has 0 fully saturated rings. The molecule has 0 saturated heterocycles. The molecule has 0 amide bonds. The van der Waals surface area contributed by atoms with Crippen molar-refractivity contribution >= 4 is 15.0 Å². The maximum atomic E-state index is 6.26. The van der Waals surface area contributed by atoms with Gasteiger partial charge in [0.1, 0.15) is 0 Å². The van der Waals surface area contributed by atoms with Crippen LogP contribution in [0.3, 0.4) is 0 Å². The Labute approximate surface area is 217 Å². The van der Waals surface area contributed by atoms with E-state index in [1.165, 1.54) is 172 Å². The summed E-state index contributed by atoms with van der Waals surface area (Å²) >= 11 is 0. The molecule has 0 aromatic carbocycles. The Balaban J connectivity index is 4.39. The minimum atomic E-state index is -1.77. The molecule has 0 aliphatic carbocycles. The Bertz CT molecular complexity index is 351. The second-order valence-corrected chi connectivity index (χ2v) is 15.1. The lowest BCUT2D eigenvalue weighted by Crippen LogP contribution is -2.36. The number of hydrogen-bond donors (Lipinski definition) is 0. The van der Waals surface area contributed by atoms with E-state index in [1.54, 1.807) is 0 Å². The second-order valence-electron chi connectivity index (χ2n) is 11.1. The van der Waals surface area contributed by atoms with Gasteiger partial charge in [-0.25, -0.2) is 0 Å². The van der Waals surface area contributed by atoms with Crippen LogP contribution in [0.1, 0.15) is 175 Å². The van der Waals surface area contributed by atoms with Crippen LogP contribution < -0.4 is 0 Å². The van der Waals surface area contributed by atoms with Crippen LogP contribution in [-0.4, -0.2) is 15.0 Å². The first-order valence-corrected chi connectivity index (χ1v) is 18.4. The Hall–Kier alpha value is -0.313. The van der Waals surface area contributed by atoms with Crippen molar-refractivity contribution in [3.63, 3.8) is 0 Å². The van der Waals surface area contributed by atoms with Crippen LogP contribution in [0.4, 0.5) is 0 Å². The van der Waals surface area contributed by atoms with Gasteiger partial charge in [0.15, 0.2) is 0 Å². The summed E-state index contributed by atoms with van der Waals surface area (Å²) in [5, 5.41) is 4.07. The van der Waals surface area contributed by atoms with Gasteiger partial charge in [0.2, 0.25) is 0 Å². The average Bonchev–Trinajstić information content (AvgIpc) is 2.84. The summed E-state index contributed by atoms with van der Waals surface area (Å²) in [7, 11) is -1.77. The Morgan fingerprint density at radius 3 is 0.882 bits per heavy atom. The third-order valence-electron chi connectivity index (χ3n) is 7.72. The first-order chi connectivity index (χ1) is 16.7. The highest BCUT2D eigenvalue weighted by Crippen LogP contribution is 2.31. The molecule has 0 N–H and O–H groups in total. The first-order valence-electron chi connectivity index (χ1n) is 15.9. The maximum Gasteiger partial charge on any atom is 0.287 e. The van der Waals surface area contributed by atoms with Crippen molar-refractivity contribution in [2.45, 2.75) is 193 Å². The summed E-state index contributed by atoms with van der Waals surface area (Å²) in [4.78, 5) is 0. The molecule has 0 aliphatic heterocycles. The standard InChI is InChI=1S/C31H65NOSi/c1-5-8-11-14-17-20-23-26-29-34(33-32-4,30-27-24-21-18-15-12-9-6-2)31-28-25-22-19-16-13-10-7-3/h4-31H2,1-3H3. The fraction of sp³-hybridized carbons (Fsp3) is 0.968. The van der Waals surface area contributed by atoms with Crippen LogP contribution in [0.25, 0.3) is 0 Å². The molecule has 2 nitrogen and oxygen atoms in total. The highest BCUT2D eigenvalue weighted by atomic mass is 28.4. The van der Waals surface area contributed by atoms with Crippen molar-refractivity contribution in [2.75, 3.05) is 0 Å². The van der Waals surface area contributed by atoms with Crippen LogP contribution in [0.15, 0.2) is 5.16 Å². The second kappa shape index (κ2) is 27.3. The molecule has 34 heavy (non-hydrogen) atoms. The van der Waals surface area contributed by atoms with E-state index in [1.807, 2.05) is 0 Å². The Morgan fingerprint density at radius 2 is 0.647 bits per heavy atom. The molecule has 0 bridgehead atoms. The summed E-state index contributed by atoms with van der Waals surface area (Å²) in [6.07, 6.45) is 33.5. The van der Waals surface area contributed by atoms with Crippen molar-refractivity contribution < 1.29 is 4.53 Å². The molecular weight excluding hydrogens is 430 g/mol. The van der Waals surface area contributed by atoms with Crippen LogP contribution in [0, 0.1) is 0 Å². The summed E-state index contributed by atoms with van der Waals surface area (Å²) in [6, 6.07) is 3.94. The Morgan fingerprint density at radius 1 is 0.412 bits per heavy atom. The SMILES string of the molecule is C=NO[Si](CCCCCCCCCC)(CCCCCCCCCC)CCCCCCCCCC. The molecule has 0 aliphatic rings. The molecule has 3 heteroatoms. The van der Waals surface area contributed by atoms with E-state index in [-0.39, 0.29) is 0 Å². The van der Waals surface area contributed by atoms with E-state index in [4.69, 9.17) is 4.53 Å². The first kappa shape index (κ1) is 33.7. The third kappa shape index (κ3) is 22.2. The minimum Gasteiger partial charge on any atom is -0.455 e. The predicted molar refractivity (Wildman–Crippen MR) is 159 cm³/mol. The molecule has 0 heterocycles.